The summed E-state index contributed by atoms with van der Waals surface area (Å²) in [4.78, 5) is 36.3. The molecule has 3 heterocycles. The quantitative estimate of drug-likeness (QED) is 0.346. The van der Waals surface area contributed by atoms with E-state index in [2.05, 4.69) is 28.5 Å². The summed E-state index contributed by atoms with van der Waals surface area (Å²) < 4.78 is 4.26. The summed E-state index contributed by atoms with van der Waals surface area (Å²) in [6, 6.07) is 7.25. The largest absolute Gasteiger partial charge is 0.397 e. The van der Waals surface area contributed by atoms with Gasteiger partial charge in [0.2, 0.25) is 5.95 Å². The molecule has 1 aromatic carbocycles. The first-order valence-electron chi connectivity index (χ1n) is 10.8. The first kappa shape index (κ1) is 22.9. The Labute approximate surface area is 209 Å². The number of nitrogens with zero attached hydrogens (tertiary/aromatic N) is 3. The number of pyridine rings is 1. The fourth-order valence-electron chi connectivity index (χ4n) is 4.44. The van der Waals surface area contributed by atoms with Gasteiger partial charge in [-0.1, -0.05) is 44.5 Å². The van der Waals surface area contributed by atoms with E-state index >= 15 is 0 Å². The average Bonchev–Trinajstić information content (AvgIpc) is 3.36. The number of fused-ring (bicyclic) bond motifs is 2. The third-order valence-electron chi connectivity index (χ3n) is 5.92. The molecule has 3 N–H and O–H groups in total. The van der Waals surface area contributed by atoms with Gasteiger partial charge in [-0.05, 0) is 47.5 Å². The predicted molar refractivity (Wildman–Crippen MR) is 138 cm³/mol. The van der Waals surface area contributed by atoms with Crippen LogP contribution in [-0.2, 0) is 12.8 Å². The summed E-state index contributed by atoms with van der Waals surface area (Å²) in [5, 5.41) is 4.76. The van der Waals surface area contributed by atoms with Crippen molar-refractivity contribution in [2.24, 2.45) is 5.41 Å². The van der Waals surface area contributed by atoms with E-state index in [-0.39, 0.29) is 17.1 Å². The minimum Gasteiger partial charge on any atom is -0.397 e. The first-order valence-corrected chi connectivity index (χ1v) is 12.8. The van der Waals surface area contributed by atoms with Gasteiger partial charge in [0.15, 0.2) is 5.78 Å². The summed E-state index contributed by atoms with van der Waals surface area (Å²) in [7, 11) is 0. The third-order valence-corrected chi connectivity index (χ3v) is 8.04. The van der Waals surface area contributed by atoms with E-state index in [4.69, 9.17) is 22.3 Å². The Balaban J connectivity index is 1.50. The van der Waals surface area contributed by atoms with Crippen molar-refractivity contribution < 1.29 is 9.59 Å². The van der Waals surface area contributed by atoms with Crippen molar-refractivity contribution in [3.8, 4) is 10.6 Å². The molecule has 1 aliphatic carbocycles. The van der Waals surface area contributed by atoms with Crippen molar-refractivity contribution in [3.63, 3.8) is 0 Å². The second-order valence-electron chi connectivity index (χ2n) is 9.12. The number of hydrogen-bond acceptors (Lipinski definition) is 8. The molecular weight excluding hydrogens is 490 g/mol. The molecule has 5 rings (SSSR count). The van der Waals surface area contributed by atoms with Gasteiger partial charge in [0.25, 0.3) is 5.91 Å². The molecule has 0 bridgehead atoms. The second-order valence-corrected chi connectivity index (χ2v) is 11.3. The van der Waals surface area contributed by atoms with Crippen molar-refractivity contribution >= 4 is 68.0 Å². The Morgan fingerprint density at radius 2 is 1.94 bits per heavy atom. The maximum atomic E-state index is 13.1. The monoisotopic (exact) mass is 511 g/mol. The van der Waals surface area contributed by atoms with Crippen LogP contribution in [0.5, 0.6) is 0 Å². The van der Waals surface area contributed by atoms with Crippen LogP contribution < -0.4 is 11.1 Å². The number of Topliss-reactive ketones (excluding diaryl/α,β-unsaturated/α-hetero) is 1. The molecule has 0 unspecified atom stereocenters. The van der Waals surface area contributed by atoms with Gasteiger partial charge in [-0.3, -0.25) is 14.9 Å². The summed E-state index contributed by atoms with van der Waals surface area (Å²) >= 11 is 8.36. The lowest BCUT2D eigenvalue weighted by Gasteiger charge is -2.30. The molecule has 0 saturated heterocycles. The molecular formula is C24H22ClN5O2S2. The van der Waals surface area contributed by atoms with E-state index in [0.29, 0.717) is 55.6 Å². The Morgan fingerprint density at radius 3 is 2.65 bits per heavy atom. The minimum absolute atomic E-state index is 0.0931. The van der Waals surface area contributed by atoms with E-state index in [1.807, 2.05) is 19.1 Å². The van der Waals surface area contributed by atoms with Gasteiger partial charge >= 0.3 is 0 Å². The van der Waals surface area contributed by atoms with Gasteiger partial charge < -0.3 is 5.73 Å². The topological polar surface area (TPSA) is 111 Å². The number of carbonyl (C=O) groups is 2. The number of halogens is 1. The summed E-state index contributed by atoms with van der Waals surface area (Å²) in [6.07, 6.45) is 1.82. The lowest BCUT2D eigenvalue weighted by atomic mass is 9.74. The second kappa shape index (κ2) is 8.41. The molecule has 4 aromatic rings. The molecule has 174 valence electrons. The predicted octanol–water partition coefficient (Wildman–Crippen LogP) is 6.02. The van der Waals surface area contributed by atoms with Gasteiger partial charge in [-0.15, -0.1) is 11.3 Å². The van der Waals surface area contributed by atoms with Gasteiger partial charge in [-0.25, -0.2) is 4.98 Å². The summed E-state index contributed by atoms with van der Waals surface area (Å²) in [6.45, 7) is 6.15. The van der Waals surface area contributed by atoms with Gasteiger partial charge in [-0.2, -0.15) is 9.36 Å². The lowest BCUT2D eigenvalue weighted by molar-refractivity contribution is 0.0909. The number of amides is 1. The van der Waals surface area contributed by atoms with Crippen LogP contribution in [0.3, 0.4) is 0 Å². The van der Waals surface area contributed by atoms with Crippen molar-refractivity contribution in [1.29, 1.82) is 0 Å². The van der Waals surface area contributed by atoms with Crippen molar-refractivity contribution in [1.82, 2.24) is 14.3 Å². The molecule has 0 saturated carbocycles. The van der Waals surface area contributed by atoms with Gasteiger partial charge in [0.05, 0.1) is 11.4 Å². The highest BCUT2D eigenvalue weighted by atomic mass is 35.5. The van der Waals surface area contributed by atoms with Gasteiger partial charge in [0.1, 0.15) is 14.7 Å². The zero-order chi connectivity index (χ0) is 24.2. The van der Waals surface area contributed by atoms with E-state index in [9.17, 15) is 9.59 Å². The normalized spacial score (nSPS) is 14.9. The number of aryl methyl sites for hydroxylation is 1. The highest BCUT2D eigenvalue weighted by molar-refractivity contribution is 7.21. The molecule has 1 amide bonds. The Bertz CT molecular complexity index is 1460. The number of thiophene rings is 1. The number of carbonyl (C=O) groups excluding carboxylic acids is 2. The van der Waals surface area contributed by atoms with Crippen molar-refractivity contribution in [3.05, 3.63) is 51.0 Å². The van der Waals surface area contributed by atoms with Crippen LogP contribution in [0.1, 0.15) is 58.5 Å². The van der Waals surface area contributed by atoms with E-state index < -0.39 is 5.91 Å². The van der Waals surface area contributed by atoms with Crippen LogP contribution in [0.25, 0.3) is 20.8 Å². The zero-order valence-corrected chi connectivity index (χ0v) is 21.2. The third kappa shape index (κ3) is 3.97. The van der Waals surface area contributed by atoms with E-state index in [1.54, 1.807) is 12.1 Å². The molecule has 0 radical (unpaired) electrons. The zero-order valence-electron chi connectivity index (χ0n) is 18.9. The Morgan fingerprint density at radius 1 is 1.21 bits per heavy atom. The maximum Gasteiger partial charge on any atom is 0.270 e. The number of nitrogens with one attached hydrogen (secondary N) is 1. The molecule has 7 nitrogen and oxygen atoms in total. The van der Waals surface area contributed by atoms with Gasteiger partial charge in [0, 0.05) is 28.0 Å². The van der Waals surface area contributed by atoms with Crippen LogP contribution in [0.4, 0.5) is 11.6 Å². The van der Waals surface area contributed by atoms with Crippen LogP contribution in [-0.4, -0.2) is 26.0 Å². The fourth-order valence-corrected chi connectivity index (χ4v) is 6.23. The molecule has 10 heteroatoms. The molecule has 3 aromatic heterocycles. The van der Waals surface area contributed by atoms with E-state index in [1.165, 1.54) is 22.9 Å². The number of rotatable bonds is 4. The van der Waals surface area contributed by atoms with Crippen molar-refractivity contribution in [2.75, 3.05) is 11.1 Å². The molecule has 0 spiro atoms. The highest BCUT2D eigenvalue weighted by Gasteiger charge is 2.35. The number of nitrogen functional groups attached to an aromatic ring is 1. The number of ketones is 1. The number of anilines is 2. The first-order chi connectivity index (χ1) is 16.2. The summed E-state index contributed by atoms with van der Waals surface area (Å²) in [5.41, 5.74) is 9.88. The molecule has 0 aliphatic heterocycles. The molecule has 34 heavy (non-hydrogen) atoms. The molecule has 1 aliphatic rings. The number of benzene rings is 1. The molecule has 0 fully saturated rings. The SMILES string of the molecule is CCc1c2c(nc3sc(C(=O)Nc4nsc(-c5ccc(Cl)cc5)n4)c(N)c13)CC(C)(C)CC2=O. The van der Waals surface area contributed by atoms with Crippen LogP contribution in [0.15, 0.2) is 24.3 Å². The summed E-state index contributed by atoms with van der Waals surface area (Å²) in [5.74, 6) is -0.0974. The number of aromatic nitrogens is 3. The standard InChI is InChI=1S/C24H22ClN5O2S2/c1-4-13-16-14(9-24(2,3)10-15(16)31)27-22-17(13)18(26)19(33-22)20(32)28-23-29-21(34-30-23)11-5-7-12(25)8-6-11/h5-8H,4,9-10,26H2,1-3H3,(H,28,30,32). The average molecular weight is 512 g/mol. The van der Waals surface area contributed by atoms with E-state index in [0.717, 1.165) is 16.8 Å². The van der Waals surface area contributed by atoms with Crippen LogP contribution >= 0.6 is 34.5 Å². The fraction of sp³-hybridized carbons (Fsp3) is 0.292. The van der Waals surface area contributed by atoms with Crippen LogP contribution in [0, 0.1) is 5.41 Å². The number of nitrogens with two attached hydrogens (primary N) is 1. The molecule has 0 atom stereocenters. The smallest absolute Gasteiger partial charge is 0.270 e. The Hall–Kier alpha value is -2.88. The van der Waals surface area contributed by atoms with Crippen LogP contribution in [0.2, 0.25) is 5.02 Å². The highest BCUT2D eigenvalue weighted by Crippen LogP contribution is 2.42. The van der Waals surface area contributed by atoms with Crippen molar-refractivity contribution in [2.45, 2.75) is 40.0 Å². The Kier molecular flexibility index (Phi) is 5.66. The number of hydrogen-bond donors (Lipinski definition) is 2. The maximum absolute atomic E-state index is 13.1. The lowest BCUT2D eigenvalue weighted by Crippen LogP contribution is -2.29. The minimum atomic E-state index is -0.396.